The second kappa shape index (κ2) is 10.3. The fourth-order valence-corrected chi connectivity index (χ4v) is 5.35. The van der Waals surface area contributed by atoms with Crippen molar-refractivity contribution >= 4 is 11.9 Å². The van der Waals surface area contributed by atoms with E-state index in [0.717, 1.165) is 60.1 Å². The molecule has 2 aliphatic heterocycles. The van der Waals surface area contributed by atoms with Gasteiger partial charge in [0, 0.05) is 30.1 Å². The molecule has 7 nitrogen and oxygen atoms in total. The van der Waals surface area contributed by atoms with Crippen LogP contribution in [0.3, 0.4) is 0 Å². The lowest BCUT2D eigenvalue weighted by Gasteiger charge is -2.27. The lowest BCUT2D eigenvalue weighted by atomic mass is 9.91. The standard InChI is InChI=1S/C29H33N3O4/c1-18-22(9-7-21-8-10-25-23(16-27(33)34)17-36-26(25)15-21)5-4-6-24(18)28-19(2)30-29(31-20(28)3)32-11-13-35-14-12-32/h4-6,8,10,15,23H,7,9,11-14,16-17H2,1-3H3,(H,33,34)/t23-/m1/s1. The van der Waals surface area contributed by atoms with Crippen molar-refractivity contribution in [2.75, 3.05) is 37.8 Å². The number of aliphatic carboxylic acids is 1. The van der Waals surface area contributed by atoms with Gasteiger partial charge in [0.05, 0.1) is 37.6 Å². The summed E-state index contributed by atoms with van der Waals surface area (Å²) < 4.78 is 11.3. The van der Waals surface area contributed by atoms with Gasteiger partial charge in [0.2, 0.25) is 5.95 Å². The molecule has 1 atom stereocenters. The van der Waals surface area contributed by atoms with Gasteiger partial charge in [0.1, 0.15) is 5.75 Å². The van der Waals surface area contributed by atoms with Crippen molar-refractivity contribution in [1.82, 2.24) is 9.97 Å². The van der Waals surface area contributed by atoms with Crippen LogP contribution in [0.25, 0.3) is 11.1 Å². The molecule has 0 radical (unpaired) electrons. The predicted octanol–water partition coefficient (Wildman–Crippen LogP) is 4.64. The largest absolute Gasteiger partial charge is 0.493 e. The molecule has 0 bridgehead atoms. The van der Waals surface area contributed by atoms with Gasteiger partial charge >= 0.3 is 5.97 Å². The number of carboxylic acid groups (broad SMARTS) is 1. The number of benzene rings is 2. The zero-order valence-corrected chi connectivity index (χ0v) is 21.2. The van der Waals surface area contributed by atoms with Crippen LogP contribution in [0.4, 0.5) is 5.95 Å². The van der Waals surface area contributed by atoms with E-state index >= 15 is 0 Å². The molecule has 2 aromatic carbocycles. The van der Waals surface area contributed by atoms with Crippen molar-refractivity contribution in [1.29, 1.82) is 0 Å². The average Bonchev–Trinajstić information content (AvgIpc) is 3.25. The van der Waals surface area contributed by atoms with E-state index in [4.69, 9.17) is 24.5 Å². The number of ether oxygens (including phenoxy) is 2. The zero-order chi connectivity index (χ0) is 25.2. The van der Waals surface area contributed by atoms with Crippen LogP contribution in [-0.4, -0.2) is 54.0 Å². The molecule has 0 saturated carbocycles. The van der Waals surface area contributed by atoms with E-state index in [2.05, 4.69) is 56.0 Å². The van der Waals surface area contributed by atoms with Gasteiger partial charge < -0.3 is 19.5 Å². The minimum Gasteiger partial charge on any atom is -0.493 e. The summed E-state index contributed by atoms with van der Waals surface area (Å²) in [6.45, 7) is 9.83. The highest BCUT2D eigenvalue weighted by Crippen LogP contribution is 2.37. The normalized spacial score (nSPS) is 17.1. The Balaban J connectivity index is 1.34. The quantitative estimate of drug-likeness (QED) is 0.520. The molecule has 1 fully saturated rings. The van der Waals surface area contributed by atoms with Gasteiger partial charge in [0.15, 0.2) is 0 Å². The van der Waals surface area contributed by atoms with Crippen molar-refractivity contribution in [3.8, 4) is 16.9 Å². The monoisotopic (exact) mass is 487 g/mol. The molecule has 2 aliphatic rings. The van der Waals surface area contributed by atoms with E-state index in [1.165, 1.54) is 22.3 Å². The molecule has 0 spiro atoms. The second-order valence-electron chi connectivity index (χ2n) is 9.74. The number of aromatic nitrogens is 2. The van der Waals surface area contributed by atoms with E-state index in [1.54, 1.807) is 0 Å². The van der Waals surface area contributed by atoms with Gasteiger partial charge in [-0.05, 0) is 61.9 Å². The molecule has 36 heavy (non-hydrogen) atoms. The molecule has 1 aromatic heterocycles. The molecule has 1 N–H and O–H groups in total. The lowest BCUT2D eigenvalue weighted by molar-refractivity contribution is -0.137. The van der Waals surface area contributed by atoms with Crippen molar-refractivity contribution in [3.05, 3.63) is 70.0 Å². The molecule has 0 amide bonds. The number of hydrogen-bond donors (Lipinski definition) is 1. The van der Waals surface area contributed by atoms with Crippen molar-refractivity contribution in [2.24, 2.45) is 0 Å². The van der Waals surface area contributed by atoms with Crippen LogP contribution >= 0.6 is 0 Å². The lowest BCUT2D eigenvalue weighted by Crippen LogP contribution is -2.37. The smallest absolute Gasteiger partial charge is 0.304 e. The van der Waals surface area contributed by atoms with Gasteiger partial charge in [-0.15, -0.1) is 0 Å². The average molecular weight is 488 g/mol. The van der Waals surface area contributed by atoms with Gasteiger partial charge in [-0.25, -0.2) is 9.97 Å². The van der Waals surface area contributed by atoms with E-state index < -0.39 is 5.97 Å². The number of nitrogens with zero attached hydrogens (tertiary/aromatic N) is 3. The fourth-order valence-electron chi connectivity index (χ4n) is 5.35. The minimum atomic E-state index is -0.789. The van der Waals surface area contributed by atoms with Gasteiger partial charge in [0.25, 0.3) is 0 Å². The summed E-state index contributed by atoms with van der Waals surface area (Å²) in [5.41, 5.74) is 9.04. The summed E-state index contributed by atoms with van der Waals surface area (Å²) in [6, 6.07) is 12.7. The highest BCUT2D eigenvalue weighted by molar-refractivity contribution is 5.73. The van der Waals surface area contributed by atoms with Crippen LogP contribution < -0.4 is 9.64 Å². The third-order valence-electron chi connectivity index (χ3n) is 7.33. The Hall–Kier alpha value is -3.45. The summed E-state index contributed by atoms with van der Waals surface area (Å²) in [5, 5.41) is 9.13. The number of carbonyl (C=O) groups is 1. The molecule has 0 unspecified atom stereocenters. The highest BCUT2D eigenvalue weighted by atomic mass is 16.5. The number of hydrogen-bond acceptors (Lipinski definition) is 6. The number of rotatable bonds is 7. The molecule has 188 valence electrons. The molecule has 5 rings (SSSR count). The molecule has 7 heteroatoms. The Kier molecular flexibility index (Phi) is 6.92. The Morgan fingerprint density at radius 2 is 1.81 bits per heavy atom. The number of fused-ring (bicyclic) bond motifs is 1. The van der Waals surface area contributed by atoms with Crippen LogP contribution in [0.5, 0.6) is 5.75 Å². The van der Waals surface area contributed by atoms with Crippen molar-refractivity contribution in [3.63, 3.8) is 0 Å². The first kappa shape index (κ1) is 24.3. The first-order valence-corrected chi connectivity index (χ1v) is 12.6. The van der Waals surface area contributed by atoms with E-state index in [-0.39, 0.29) is 12.3 Å². The van der Waals surface area contributed by atoms with Crippen molar-refractivity contribution < 1.29 is 19.4 Å². The number of aryl methyl sites for hydroxylation is 4. The first-order chi connectivity index (χ1) is 17.4. The molecule has 3 aromatic rings. The summed E-state index contributed by atoms with van der Waals surface area (Å²) in [6.07, 6.45) is 1.89. The maximum atomic E-state index is 11.1. The zero-order valence-electron chi connectivity index (χ0n) is 21.2. The molecular formula is C29H33N3O4. The van der Waals surface area contributed by atoms with Crippen LogP contribution in [0.2, 0.25) is 0 Å². The summed E-state index contributed by atoms with van der Waals surface area (Å²) in [5.74, 6) is 0.763. The third kappa shape index (κ3) is 4.93. The summed E-state index contributed by atoms with van der Waals surface area (Å²) in [4.78, 5) is 23.0. The summed E-state index contributed by atoms with van der Waals surface area (Å²) >= 11 is 0. The van der Waals surface area contributed by atoms with Crippen LogP contribution in [0.1, 0.15) is 46.0 Å². The van der Waals surface area contributed by atoms with Crippen molar-refractivity contribution in [2.45, 2.75) is 46.0 Å². The Morgan fingerprint density at radius 3 is 2.53 bits per heavy atom. The second-order valence-corrected chi connectivity index (χ2v) is 9.74. The van der Waals surface area contributed by atoms with E-state index in [0.29, 0.717) is 19.8 Å². The number of carboxylic acids is 1. The number of morpholine rings is 1. The predicted molar refractivity (Wildman–Crippen MR) is 139 cm³/mol. The highest BCUT2D eigenvalue weighted by Gasteiger charge is 2.26. The molecular weight excluding hydrogens is 454 g/mol. The topological polar surface area (TPSA) is 84.8 Å². The third-order valence-corrected chi connectivity index (χ3v) is 7.33. The SMILES string of the molecule is Cc1nc(N2CCOCC2)nc(C)c1-c1cccc(CCc2ccc3c(c2)OC[C@H]3CC(=O)O)c1C. The Labute approximate surface area is 212 Å². The maximum absolute atomic E-state index is 11.1. The van der Waals surface area contributed by atoms with Gasteiger partial charge in [-0.3, -0.25) is 4.79 Å². The van der Waals surface area contributed by atoms with Crippen LogP contribution in [-0.2, 0) is 22.4 Å². The van der Waals surface area contributed by atoms with Gasteiger partial charge in [-0.1, -0.05) is 30.3 Å². The minimum absolute atomic E-state index is 0.0613. The fraction of sp³-hybridized carbons (Fsp3) is 0.414. The van der Waals surface area contributed by atoms with E-state index in [9.17, 15) is 4.79 Å². The molecule has 3 heterocycles. The molecule has 1 saturated heterocycles. The van der Waals surface area contributed by atoms with Gasteiger partial charge in [-0.2, -0.15) is 0 Å². The Morgan fingerprint density at radius 1 is 1.06 bits per heavy atom. The Bertz CT molecular complexity index is 1260. The van der Waals surface area contributed by atoms with Crippen LogP contribution in [0, 0.1) is 20.8 Å². The van der Waals surface area contributed by atoms with E-state index in [1.807, 2.05) is 6.07 Å². The maximum Gasteiger partial charge on any atom is 0.304 e. The molecule has 0 aliphatic carbocycles. The summed E-state index contributed by atoms with van der Waals surface area (Å²) in [7, 11) is 0. The van der Waals surface area contributed by atoms with Crippen LogP contribution in [0.15, 0.2) is 36.4 Å². The first-order valence-electron chi connectivity index (χ1n) is 12.6. The number of anilines is 1.